The smallest absolute Gasteiger partial charge is 0.259 e. The van der Waals surface area contributed by atoms with Gasteiger partial charge in [0, 0.05) is 12.7 Å². The van der Waals surface area contributed by atoms with Crippen molar-refractivity contribution in [2.24, 2.45) is 5.92 Å². The fraction of sp³-hybridized carbons (Fsp3) is 0.333. The highest BCUT2D eigenvalue weighted by atomic mass is 32.1. The Morgan fingerprint density at radius 1 is 1.42 bits per heavy atom. The third-order valence-corrected chi connectivity index (χ3v) is 3.48. The highest BCUT2D eigenvalue weighted by molar-refractivity contribution is 7.13. The first-order valence-corrected chi connectivity index (χ1v) is 6.96. The van der Waals surface area contributed by atoms with E-state index in [2.05, 4.69) is 25.8 Å². The first-order valence-electron chi connectivity index (χ1n) is 6.09. The summed E-state index contributed by atoms with van der Waals surface area (Å²) in [4.78, 5) is 16.1. The van der Waals surface area contributed by atoms with E-state index in [9.17, 15) is 4.79 Å². The number of carbonyl (C=O) groups is 1. The Hall–Kier alpha value is -2.02. The second kappa shape index (κ2) is 5.31. The highest BCUT2D eigenvalue weighted by Gasteiger charge is 2.20. The second-order valence-electron chi connectivity index (χ2n) is 4.45. The molecule has 2 aromatic rings. The van der Waals surface area contributed by atoms with Gasteiger partial charge in [-0.05, 0) is 30.9 Å². The van der Waals surface area contributed by atoms with Crippen LogP contribution in [0.2, 0.25) is 0 Å². The van der Waals surface area contributed by atoms with Gasteiger partial charge in [-0.1, -0.05) is 11.3 Å². The number of nitrogens with zero attached hydrogens (tertiary/aromatic N) is 3. The summed E-state index contributed by atoms with van der Waals surface area (Å²) < 4.78 is 0. The van der Waals surface area contributed by atoms with Crippen LogP contribution in [0.5, 0.6) is 0 Å². The van der Waals surface area contributed by atoms with Crippen LogP contribution in [0.25, 0.3) is 0 Å². The van der Waals surface area contributed by atoms with Crippen LogP contribution >= 0.6 is 11.3 Å². The number of amides is 1. The molecule has 0 bridgehead atoms. The first kappa shape index (κ1) is 12.0. The third-order valence-electron chi connectivity index (χ3n) is 2.87. The SMILES string of the molecule is O=C(Nc1nncs1)c1ccc(NCC2CC2)nc1. The molecule has 2 heterocycles. The predicted octanol–water partition coefficient (Wildman–Crippen LogP) is 2.01. The van der Waals surface area contributed by atoms with Crippen LogP contribution in [-0.2, 0) is 0 Å². The van der Waals surface area contributed by atoms with E-state index in [0.29, 0.717) is 10.7 Å². The highest BCUT2D eigenvalue weighted by Crippen LogP contribution is 2.28. The van der Waals surface area contributed by atoms with Crippen molar-refractivity contribution in [2.45, 2.75) is 12.8 Å². The van der Waals surface area contributed by atoms with E-state index >= 15 is 0 Å². The average Bonchev–Trinajstić information content (AvgIpc) is 3.13. The number of carbonyl (C=O) groups excluding carboxylic acids is 1. The molecule has 0 atom stereocenters. The van der Waals surface area contributed by atoms with Gasteiger partial charge >= 0.3 is 0 Å². The predicted molar refractivity (Wildman–Crippen MR) is 73.3 cm³/mol. The van der Waals surface area contributed by atoms with Crippen LogP contribution in [0, 0.1) is 5.92 Å². The molecule has 3 rings (SSSR count). The molecule has 19 heavy (non-hydrogen) atoms. The van der Waals surface area contributed by atoms with Gasteiger partial charge in [-0.3, -0.25) is 10.1 Å². The molecule has 0 unspecified atom stereocenters. The van der Waals surface area contributed by atoms with E-state index in [-0.39, 0.29) is 5.91 Å². The number of aromatic nitrogens is 3. The van der Waals surface area contributed by atoms with Crippen molar-refractivity contribution in [1.82, 2.24) is 15.2 Å². The van der Waals surface area contributed by atoms with Crippen molar-refractivity contribution in [3.63, 3.8) is 0 Å². The molecule has 1 aliphatic carbocycles. The summed E-state index contributed by atoms with van der Waals surface area (Å²) in [5, 5.41) is 13.8. The van der Waals surface area contributed by atoms with Crippen molar-refractivity contribution in [1.29, 1.82) is 0 Å². The lowest BCUT2D eigenvalue weighted by Gasteiger charge is -2.05. The molecule has 7 heteroatoms. The lowest BCUT2D eigenvalue weighted by Crippen LogP contribution is -2.12. The standard InChI is InChI=1S/C12H13N5OS/c18-11(16-12-17-15-7-19-12)9-3-4-10(14-6-9)13-5-8-1-2-8/h3-4,6-8H,1-2,5H2,(H,13,14)(H,16,17,18). The number of anilines is 2. The number of rotatable bonds is 5. The van der Waals surface area contributed by atoms with E-state index in [1.165, 1.54) is 24.2 Å². The zero-order valence-electron chi connectivity index (χ0n) is 10.2. The van der Waals surface area contributed by atoms with Gasteiger partial charge < -0.3 is 5.32 Å². The molecule has 2 aromatic heterocycles. The normalized spacial score (nSPS) is 14.1. The van der Waals surface area contributed by atoms with Gasteiger partial charge in [0.2, 0.25) is 5.13 Å². The van der Waals surface area contributed by atoms with Crippen LogP contribution in [0.15, 0.2) is 23.8 Å². The molecular formula is C12H13N5OS. The fourth-order valence-corrected chi connectivity index (χ4v) is 2.04. The maximum atomic E-state index is 11.9. The van der Waals surface area contributed by atoms with Crippen LogP contribution < -0.4 is 10.6 Å². The maximum Gasteiger partial charge on any atom is 0.259 e. The maximum absolute atomic E-state index is 11.9. The largest absolute Gasteiger partial charge is 0.370 e. The molecule has 98 valence electrons. The Kier molecular flexibility index (Phi) is 3.37. The molecule has 0 radical (unpaired) electrons. The molecule has 0 spiro atoms. The van der Waals surface area contributed by atoms with Crippen LogP contribution in [-0.4, -0.2) is 27.6 Å². The van der Waals surface area contributed by atoms with Crippen LogP contribution in [0.1, 0.15) is 23.2 Å². The molecule has 0 aromatic carbocycles. The molecule has 0 saturated heterocycles. The Morgan fingerprint density at radius 2 is 2.32 bits per heavy atom. The van der Waals surface area contributed by atoms with Crippen molar-refractivity contribution in [2.75, 3.05) is 17.2 Å². The number of hydrogen-bond acceptors (Lipinski definition) is 6. The third kappa shape index (κ3) is 3.25. The quantitative estimate of drug-likeness (QED) is 0.872. The molecular weight excluding hydrogens is 262 g/mol. The zero-order valence-corrected chi connectivity index (χ0v) is 11.0. The topological polar surface area (TPSA) is 79.8 Å². The minimum absolute atomic E-state index is 0.224. The molecule has 2 N–H and O–H groups in total. The Balaban J connectivity index is 1.59. The lowest BCUT2D eigenvalue weighted by molar-refractivity contribution is 0.102. The number of pyridine rings is 1. The second-order valence-corrected chi connectivity index (χ2v) is 5.29. The van der Waals surface area contributed by atoms with Crippen LogP contribution in [0.4, 0.5) is 10.9 Å². The average molecular weight is 275 g/mol. The summed E-state index contributed by atoms with van der Waals surface area (Å²) in [7, 11) is 0. The van der Waals surface area contributed by atoms with E-state index < -0.39 is 0 Å². The van der Waals surface area contributed by atoms with Gasteiger partial charge in [0.15, 0.2) is 0 Å². The molecule has 0 aliphatic heterocycles. The molecule has 6 nitrogen and oxygen atoms in total. The van der Waals surface area contributed by atoms with Gasteiger partial charge in [-0.2, -0.15) is 0 Å². The van der Waals surface area contributed by atoms with Crippen molar-refractivity contribution < 1.29 is 4.79 Å². The molecule has 1 saturated carbocycles. The summed E-state index contributed by atoms with van der Waals surface area (Å²) in [5.74, 6) is 1.37. The summed E-state index contributed by atoms with van der Waals surface area (Å²) in [6.45, 7) is 0.962. The van der Waals surface area contributed by atoms with E-state index in [1.54, 1.807) is 17.8 Å². The van der Waals surface area contributed by atoms with Crippen molar-refractivity contribution in [3.05, 3.63) is 29.4 Å². The van der Waals surface area contributed by atoms with E-state index in [1.807, 2.05) is 6.07 Å². The van der Waals surface area contributed by atoms with E-state index in [0.717, 1.165) is 18.3 Å². The van der Waals surface area contributed by atoms with Gasteiger partial charge in [0.1, 0.15) is 11.3 Å². The summed E-state index contributed by atoms with van der Waals surface area (Å²) >= 11 is 1.28. The summed E-state index contributed by atoms with van der Waals surface area (Å²) in [6, 6.07) is 3.57. The van der Waals surface area contributed by atoms with Gasteiger partial charge in [-0.15, -0.1) is 10.2 Å². The van der Waals surface area contributed by atoms with Gasteiger partial charge in [0.25, 0.3) is 5.91 Å². The fourth-order valence-electron chi connectivity index (χ4n) is 1.60. The van der Waals surface area contributed by atoms with Crippen molar-refractivity contribution in [3.8, 4) is 0 Å². The Bertz CT molecular complexity index is 550. The summed E-state index contributed by atoms with van der Waals surface area (Å²) in [6.07, 6.45) is 4.16. The van der Waals surface area contributed by atoms with Crippen molar-refractivity contribution >= 4 is 28.2 Å². The first-order chi connectivity index (χ1) is 9.31. The Labute approximate surface area is 114 Å². The molecule has 1 aliphatic rings. The molecule has 1 fully saturated rings. The minimum Gasteiger partial charge on any atom is -0.370 e. The zero-order chi connectivity index (χ0) is 13.1. The van der Waals surface area contributed by atoms with E-state index in [4.69, 9.17) is 0 Å². The minimum atomic E-state index is -0.224. The lowest BCUT2D eigenvalue weighted by atomic mass is 10.2. The molecule has 1 amide bonds. The number of nitrogens with one attached hydrogen (secondary N) is 2. The number of hydrogen-bond donors (Lipinski definition) is 2. The van der Waals surface area contributed by atoms with Gasteiger partial charge in [-0.25, -0.2) is 4.98 Å². The Morgan fingerprint density at radius 3 is 2.95 bits per heavy atom. The monoisotopic (exact) mass is 275 g/mol. The van der Waals surface area contributed by atoms with Crippen LogP contribution in [0.3, 0.4) is 0 Å². The summed E-state index contributed by atoms with van der Waals surface area (Å²) in [5.41, 5.74) is 2.07. The van der Waals surface area contributed by atoms with Gasteiger partial charge in [0.05, 0.1) is 5.56 Å².